The molecular weight excluding hydrogens is 326 g/mol. The van der Waals surface area contributed by atoms with Crippen LogP contribution in [0.1, 0.15) is 54.8 Å². The van der Waals surface area contributed by atoms with E-state index >= 15 is 0 Å². The van der Waals surface area contributed by atoms with Crippen LogP contribution < -0.4 is 0 Å². The number of nitrogens with zero attached hydrogens (tertiary/aromatic N) is 1. The van der Waals surface area contributed by atoms with E-state index in [4.69, 9.17) is 16.3 Å². The lowest BCUT2D eigenvalue weighted by molar-refractivity contribution is 0.0204. The number of carboxylic acid groups (broad SMARTS) is 1. The smallest absolute Gasteiger partial charge is 0.410 e. The number of thiophene rings is 1. The summed E-state index contributed by atoms with van der Waals surface area (Å²) in [5.41, 5.74) is -0.225. The predicted octanol–water partition coefficient (Wildman–Crippen LogP) is 4.21. The third-order valence-electron chi connectivity index (χ3n) is 3.48. The first kappa shape index (κ1) is 17.1. The molecule has 2 heterocycles. The van der Waals surface area contributed by atoms with Crippen molar-refractivity contribution < 1.29 is 19.4 Å². The van der Waals surface area contributed by atoms with E-state index < -0.39 is 11.6 Å². The number of rotatable bonds is 2. The highest BCUT2D eigenvalue weighted by atomic mass is 35.5. The molecule has 0 saturated carbocycles. The Bertz CT molecular complexity index is 571. The van der Waals surface area contributed by atoms with Crippen LogP contribution in [0.4, 0.5) is 4.79 Å². The summed E-state index contributed by atoms with van der Waals surface area (Å²) in [6, 6.07) is 1.50. The number of likely N-dealkylation sites (tertiary alicyclic amines) is 1. The molecule has 0 aliphatic carbocycles. The minimum Gasteiger partial charge on any atom is -0.478 e. The van der Waals surface area contributed by atoms with Gasteiger partial charge in [-0.25, -0.2) is 9.59 Å². The molecular formula is C15H20ClNO4S. The van der Waals surface area contributed by atoms with Crippen LogP contribution in [0.15, 0.2) is 6.07 Å². The molecule has 1 aromatic heterocycles. The van der Waals surface area contributed by atoms with E-state index in [1.165, 1.54) is 17.4 Å². The van der Waals surface area contributed by atoms with E-state index in [9.17, 15) is 14.7 Å². The van der Waals surface area contributed by atoms with E-state index in [0.29, 0.717) is 17.4 Å². The fraction of sp³-hybridized carbons (Fsp3) is 0.600. The fourth-order valence-electron chi connectivity index (χ4n) is 2.50. The third-order valence-corrected chi connectivity index (χ3v) is 4.91. The highest BCUT2D eigenvalue weighted by molar-refractivity contribution is 7.16. The van der Waals surface area contributed by atoms with Gasteiger partial charge in [0.1, 0.15) is 5.60 Å². The summed E-state index contributed by atoms with van der Waals surface area (Å²) in [6.07, 6.45) is 1.13. The maximum Gasteiger partial charge on any atom is 0.410 e. The minimum absolute atomic E-state index is 0.127. The predicted molar refractivity (Wildman–Crippen MR) is 86.1 cm³/mol. The van der Waals surface area contributed by atoms with E-state index in [0.717, 1.165) is 17.7 Å². The Balaban J connectivity index is 2.01. The molecule has 1 aliphatic heterocycles. The monoisotopic (exact) mass is 345 g/mol. The molecule has 1 aromatic rings. The van der Waals surface area contributed by atoms with Crippen molar-refractivity contribution in [3.8, 4) is 0 Å². The van der Waals surface area contributed by atoms with Gasteiger partial charge in [0.2, 0.25) is 0 Å². The zero-order valence-corrected chi connectivity index (χ0v) is 14.5. The first-order valence-corrected chi connectivity index (χ1v) is 8.37. The molecule has 0 aromatic carbocycles. The molecule has 0 radical (unpaired) electrons. The van der Waals surface area contributed by atoms with Crippen molar-refractivity contribution in [1.29, 1.82) is 0 Å². The van der Waals surface area contributed by atoms with Gasteiger partial charge in [-0.1, -0.05) is 11.6 Å². The fourth-order valence-corrected chi connectivity index (χ4v) is 3.90. The lowest BCUT2D eigenvalue weighted by Crippen LogP contribution is -2.41. The number of halogens is 1. The van der Waals surface area contributed by atoms with Crippen LogP contribution in [0.2, 0.25) is 4.34 Å². The molecule has 1 amide bonds. The number of carboxylic acids is 1. The van der Waals surface area contributed by atoms with E-state index in [-0.39, 0.29) is 17.6 Å². The molecule has 22 heavy (non-hydrogen) atoms. The van der Waals surface area contributed by atoms with Crippen molar-refractivity contribution in [2.45, 2.75) is 45.1 Å². The van der Waals surface area contributed by atoms with Gasteiger partial charge in [0.25, 0.3) is 0 Å². The molecule has 0 atom stereocenters. The lowest BCUT2D eigenvalue weighted by atomic mass is 9.93. The van der Waals surface area contributed by atoms with Crippen LogP contribution in [0.3, 0.4) is 0 Å². The average Bonchev–Trinajstić information content (AvgIpc) is 2.79. The number of aromatic carboxylic acids is 1. The van der Waals surface area contributed by atoms with Crippen molar-refractivity contribution >= 4 is 35.0 Å². The summed E-state index contributed by atoms with van der Waals surface area (Å²) < 4.78 is 5.85. The van der Waals surface area contributed by atoms with Crippen LogP contribution in [0, 0.1) is 0 Å². The second-order valence-corrected chi connectivity index (χ2v) is 8.09. The van der Waals surface area contributed by atoms with E-state index in [2.05, 4.69) is 0 Å². The topological polar surface area (TPSA) is 66.8 Å². The number of carbonyl (C=O) groups is 2. The largest absolute Gasteiger partial charge is 0.478 e. The highest BCUT2D eigenvalue weighted by Crippen LogP contribution is 2.38. The highest BCUT2D eigenvalue weighted by Gasteiger charge is 2.30. The van der Waals surface area contributed by atoms with Crippen LogP contribution in [-0.2, 0) is 4.74 Å². The summed E-state index contributed by atoms with van der Waals surface area (Å²) in [5, 5.41) is 9.24. The summed E-state index contributed by atoms with van der Waals surface area (Å²) >= 11 is 7.27. The number of piperidine rings is 1. The molecule has 1 fully saturated rings. The third kappa shape index (κ3) is 4.14. The van der Waals surface area contributed by atoms with Gasteiger partial charge < -0.3 is 14.7 Å². The zero-order chi connectivity index (χ0) is 16.5. The number of hydrogen-bond acceptors (Lipinski definition) is 4. The molecule has 2 rings (SSSR count). The van der Waals surface area contributed by atoms with Gasteiger partial charge >= 0.3 is 12.1 Å². The number of amides is 1. The molecule has 1 saturated heterocycles. The minimum atomic E-state index is -0.951. The zero-order valence-electron chi connectivity index (χ0n) is 12.9. The van der Waals surface area contributed by atoms with Crippen LogP contribution in [0.25, 0.3) is 0 Å². The van der Waals surface area contributed by atoms with Crippen molar-refractivity contribution in [2.24, 2.45) is 0 Å². The Morgan fingerprint density at radius 1 is 1.36 bits per heavy atom. The Kier molecular flexibility index (Phi) is 5.02. The molecule has 1 N–H and O–H groups in total. The van der Waals surface area contributed by atoms with Crippen molar-refractivity contribution in [2.75, 3.05) is 13.1 Å². The number of hydrogen-bond donors (Lipinski definition) is 1. The van der Waals surface area contributed by atoms with E-state index in [1.807, 2.05) is 20.8 Å². The normalized spacial score (nSPS) is 16.6. The van der Waals surface area contributed by atoms with Crippen molar-refractivity contribution in [3.05, 3.63) is 20.8 Å². The van der Waals surface area contributed by atoms with Crippen LogP contribution in [-0.4, -0.2) is 40.8 Å². The SMILES string of the molecule is CC(C)(C)OC(=O)N1CCC(c2sc(Cl)cc2C(=O)O)CC1. The van der Waals surface area contributed by atoms with Gasteiger partial charge in [0, 0.05) is 18.0 Å². The van der Waals surface area contributed by atoms with Gasteiger partial charge in [0.15, 0.2) is 0 Å². The lowest BCUT2D eigenvalue weighted by Gasteiger charge is -2.33. The Hall–Kier alpha value is -1.27. The summed E-state index contributed by atoms with van der Waals surface area (Å²) in [7, 11) is 0. The Morgan fingerprint density at radius 3 is 2.45 bits per heavy atom. The van der Waals surface area contributed by atoms with Gasteiger partial charge in [0.05, 0.1) is 9.90 Å². The van der Waals surface area contributed by atoms with Gasteiger partial charge in [-0.3, -0.25) is 0 Å². The number of ether oxygens (including phenoxy) is 1. The first-order chi connectivity index (χ1) is 10.2. The molecule has 122 valence electrons. The second-order valence-electron chi connectivity index (χ2n) is 6.38. The van der Waals surface area contributed by atoms with Gasteiger partial charge in [-0.2, -0.15) is 0 Å². The molecule has 0 unspecified atom stereocenters. The second kappa shape index (κ2) is 6.46. The summed E-state index contributed by atoms with van der Waals surface area (Å²) in [5.74, 6) is -0.824. The maximum absolute atomic E-state index is 12.0. The Labute approximate surface area is 138 Å². The Morgan fingerprint density at radius 2 is 1.95 bits per heavy atom. The van der Waals surface area contributed by atoms with Crippen LogP contribution in [0.5, 0.6) is 0 Å². The van der Waals surface area contributed by atoms with Crippen molar-refractivity contribution in [3.63, 3.8) is 0 Å². The number of carbonyl (C=O) groups excluding carboxylic acids is 1. The quantitative estimate of drug-likeness (QED) is 0.871. The molecule has 5 nitrogen and oxygen atoms in total. The van der Waals surface area contributed by atoms with Gasteiger partial charge in [-0.15, -0.1) is 11.3 Å². The first-order valence-electron chi connectivity index (χ1n) is 7.18. The molecule has 0 bridgehead atoms. The summed E-state index contributed by atoms with van der Waals surface area (Å²) in [4.78, 5) is 25.8. The van der Waals surface area contributed by atoms with Gasteiger partial charge in [-0.05, 0) is 45.6 Å². The molecule has 0 spiro atoms. The van der Waals surface area contributed by atoms with Crippen molar-refractivity contribution in [1.82, 2.24) is 4.90 Å². The van der Waals surface area contributed by atoms with Crippen LogP contribution >= 0.6 is 22.9 Å². The van der Waals surface area contributed by atoms with E-state index in [1.54, 1.807) is 4.90 Å². The molecule has 1 aliphatic rings. The maximum atomic E-state index is 12.0. The molecule has 7 heteroatoms. The standard InChI is InChI=1S/C15H20ClNO4S/c1-15(2,3)21-14(20)17-6-4-9(5-7-17)12-10(13(18)19)8-11(16)22-12/h8-9H,4-7H2,1-3H3,(H,18,19). The summed E-state index contributed by atoms with van der Waals surface area (Å²) in [6.45, 7) is 6.64. The average molecular weight is 346 g/mol.